The summed E-state index contributed by atoms with van der Waals surface area (Å²) >= 11 is 0. The van der Waals surface area contributed by atoms with Crippen LogP contribution in [0.25, 0.3) is 0 Å². The standard InChI is InChI=1S/C22H29N3O4S/c1-30(27,28)23-16-18-8-7-14-25(17-18)15-13-22(26)24-20-11-5-6-12-21(20)29-19-9-3-2-4-10-19/h2-6,9-12,18,23H,7-8,13-17H2,1H3,(H,24,26). The molecule has 8 heteroatoms. The first-order chi connectivity index (χ1) is 14.4. The first kappa shape index (κ1) is 22.3. The molecule has 0 bridgehead atoms. The molecule has 1 amide bonds. The van der Waals surface area contributed by atoms with Gasteiger partial charge in [-0.1, -0.05) is 30.3 Å². The average molecular weight is 432 g/mol. The molecule has 7 nitrogen and oxygen atoms in total. The Labute approximate surface area is 178 Å². The number of hydrogen-bond acceptors (Lipinski definition) is 5. The topological polar surface area (TPSA) is 87.7 Å². The van der Waals surface area contributed by atoms with Crippen molar-refractivity contribution in [2.75, 3.05) is 37.8 Å². The highest BCUT2D eigenvalue weighted by Gasteiger charge is 2.21. The Bertz CT molecular complexity index is 934. The summed E-state index contributed by atoms with van der Waals surface area (Å²) in [7, 11) is -3.17. The van der Waals surface area contributed by atoms with Crippen molar-refractivity contribution in [2.45, 2.75) is 19.3 Å². The van der Waals surface area contributed by atoms with E-state index in [0.29, 0.717) is 36.7 Å². The molecule has 1 aliphatic heterocycles. The second kappa shape index (κ2) is 10.6. The lowest BCUT2D eigenvalue weighted by Crippen LogP contribution is -2.41. The fourth-order valence-electron chi connectivity index (χ4n) is 3.54. The zero-order chi connectivity index (χ0) is 21.4. The number of para-hydroxylation sites is 3. The third kappa shape index (κ3) is 7.44. The first-order valence-corrected chi connectivity index (χ1v) is 12.1. The maximum Gasteiger partial charge on any atom is 0.225 e. The number of sulfonamides is 1. The van der Waals surface area contributed by atoms with Gasteiger partial charge in [-0.2, -0.15) is 0 Å². The molecule has 162 valence electrons. The Morgan fingerprint density at radius 2 is 1.87 bits per heavy atom. The van der Waals surface area contributed by atoms with Crippen LogP contribution in [-0.4, -0.2) is 51.7 Å². The molecule has 1 saturated heterocycles. The summed E-state index contributed by atoms with van der Waals surface area (Å²) in [6, 6.07) is 16.8. The van der Waals surface area contributed by atoms with Gasteiger partial charge in [-0.15, -0.1) is 0 Å². The van der Waals surface area contributed by atoms with Gasteiger partial charge in [0.15, 0.2) is 5.75 Å². The van der Waals surface area contributed by atoms with Crippen molar-refractivity contribution in [1.29, 1.82) is 0 Å². The SMILES string of the molecule is CS(=O)(=O)NCC1CCCN(CCC(=O)Nc2ccccc2Oc2ccccc2)C1. The van der Waals surface area contributed by atoms with Gasteiger partial charge in [0.25, 0.3) is 0 Å². The van der Waals surface area contributed by atoms with E-state index in [2.05, 4.69) is 14.9 Å². The van der Waals surface area contributed by atoms with Gasteiger partial charge in [0.05, 0.1) is 11.9 Å². The van der Waals surface area contributed by atoms with Crippen molar-refractivity contribution >= 4 is 21.6 Å². The summed E-state index contributed by atoms with van der Waals surface area (Å²) in [5.41, 5.74) is 0.639. The highest BCUT2D eigenvalue weighted by Crippen LogP contribution is 2.29. The molecule has 3 rings (SSSR count). The van der Waals surface area contributed by atoms with Crippen LogP contribution in [0.3, 0.4) is 0 Å². The van der Waals surface area contributed by atoms with E-state index < -0.39 is 10.0 Å². The van der Waals surface area contributed by atoms with Crippen LogP contribution < -0.4 is 14.8 Å². The number of nitrogens with one attached hydrogen (secondary N) is 2. The number of hydrogen-bond donors (Lipinski definition) is 2. The molecule has 2 aromatic carbocycles. The Balaban J connectivity index is 1.49. The maximum atomic E-state index is 12.5. The summed E-state index contributed by atoms with van der Waals surface area (Å²) < 4.78 is 31.1. The summed E-state index contributed by atoms with van der Waals surface area (Å²) in [5.74, 6) is 1.51. The van der Waals surface area contributed by atoms with Crippen molar-refractivity contribution in [2.24, 2.45) is 5.92 Å². The van der Waals surface area contributed by atoms with Crippen LogP contribution in [0.2, 0.25) is 0 Å². The van der Waals surface area contributed by atoms with Crippen LogP contribution in [0.1, 0.15) is 19.3 Å². The van der Waals surface area contributed by atoms with Crippen molar-refractivity contribution in [3.63, 3.8) is 0 Å². The number of anilines is 1. The van der Waals surface area contributed by atoms with E-state index in [1.165, 1.54) is 6.26 Å². The van der Waals surface area contributed by atoms with Crippen molar-refractivity contribution in [3.8, 4) is 11.5 Å². The van der Waals surface area contributed by atoms with Crippen molar-refractivity contribution in [3.05, 3.63) is 54.6 Å². The zero-order valence-corrected chi connectivity index (χ0v) is 18.0. The number of piperidine rings is 1. The lowest BCUT2D eigenvalue weighted by molar-refractivity contribution is -0.116. The molecule has 1 unspecified atom stereocenters. The molecule has 30 heavy (non-hydrogen) atoms. The van der Waals surface area contributed by atoms with Gasteiger partial charge in [-0.05, 0) is 49.6 Å². The largest absolute Gasteiger partial charge is 0.455 e. The minimum absolute atomic E-state index is 0.0736. The molecular formula is C22H29N3O4S. The van der Waals surface area contributed by atoms with Crippen LogP contribution in [0.5, 0.6) is 11.5 Å². The number of ether oxygens (including phenoxy) is 1. The summed E-state index contributed by atoms with van der Waals surface area (Å²) in [5, 5.41) is 2.94. The van der Waals surface area contributed by atoms with Gasteiger partial charge in [-0.25, -0.2) is 13.1 Å². The molecule has 1 fully saturated rings. The molecule has 0 saturated carbocycles. The fourth-order valence-corrected chi connectivity index (χ4v) is 4.08. The van der Waals surface area contributed by atoms with Gasteiger partial charge < -0.3 is 15.0 Å². The van der Waals surface area contributed by atoms with Crippen molar-refractivity contribution < 1.29 is 17.9 Å². The van der Waals surface area contributed by atoms with Crippen LogP contribution in [0.15, 0.2) is 54.6 Å². The maximum absolute atomic E-state index is 12.5. The van der Waals surface area contributed by atoms with E-state index in [-0.39, 0.29) is 11.8 Å². The monoisotopic (exact) mass is 431 g/mol. The third-order valence-corrected chi connectivity index (χ3v) is 5.72. The quantitative estimate of drug-likeness (QED) is 0.637. The number of likely N-dealkylation sites (tertiary alicyclic amines) is 1. The second-order valence-electron chi connectivity index (χ2n) is 7.64. The molecule has 2 aromatic rings. The zero-order valence-electron chi connectivity index (χ0n) is 17.2. The summed E-state index contributed by atoms with van der Waals surface area (Å²) in [6.45, 7) is 2.81. The lowest BCUT2D eigenvalue weighted by atomic mass is 9.98. The van der Waals surface area contributed by atoms with E-state index in [4.69, 9.17) is 4.74 Å². The molecule has 1 aliphatic rings. The molecule has 0 spiro atoms. The van der Waals surface area contributed by atoms with E-state index in [1.54, 1.807) is 0 Å². The van der Waals surface area contributed by atoms with Gasteiger partial charge >= 0.3 is 0 Å². The van der Waals surface area contributed by atoms with Crippen LogP contribution in [-0.2, 0) is 14.8 Å². The van der Waals surface area contributed by atoms with E-state index in [0.717, 1.165) is 25.9 Å². The second-order valence-corrected chi connectivity index (χ2v) is 9.47. The average Bonchev–Trinajstić information content (AvgIpc) is 2.73. The predicted octanol–water partition coefficient (Wildman–Crippen LogP) is 3.07. The van der Waals surface area contributed by atoms with Crippen LogP contribution in [0, 0.1) is 5.92 Å². The minimum atomic E-state index is -3.17. The van der Waals surface area contributed by atoms with Gasteiger partial charge in [0.2, 0.25) is 15.9 Å². The lowest BCUT2D eigenvalue weighted by Gasteiger charge is -2.32. The number of amides is 1. The number of carbonyl (C=O) groups is 1. The molecule has 1 atom stereocenters. The first-order valence-electron chi connectivity index (χ1n) is 10.2. The van der Waals surface area contributed by atoms with Crippen LogP contribution >= 0.6 is 0 Å². The van der Waals surface area contributed by atoms with Gasteiger partial charge in [-0.3, -0.25) is 4.79 Å². The minimum Gasteiger partial charge on any atom is -0.455 e. The molecule has 0 radical (unpaired) electrons. The Morgan fingerprint density at radius 3 is 2.63 bits per heavy atom. The smallest absolute Gasteiger partial charge is 0.225 e. The van der Waals surface area contributed by atoms with E-state index >= 15 is 0 Å². The molecule has 0 aliphatic carbocycles. The molecule has 0 aromatic heterocycles. The Kier molecular flexibility index (Phi) is 7.84. The number of benzene rings is 2. The van der Waals surface area contributed by atoms with Crippen molar-refractivity contribution in [1.82, 2.24) is 9.62 Å². The molecular weight excluding hydrogens is 402 g/mol. The van der Waals surface area contributed by atoms with Gasteiger partial charge in [0.1, 0.15) is 5.75 Å². The fraction of sp³-hybridized carbons (Fsp3) is 0.409. The number of rotatable bonds is 9. The van der Waals surface area contributed by atoms with Gasteiger partial charge in [0, 0.05) is 26.1 Å². The normalized spacial score (nSPS) is 17.4. The Morgan fingerprint density at radius 1 is 1.13 bits per heavy atom. The molecule has 1 heterocycles. The summed E-state index contributed by atoms with van der Waals surface area (Å²) in [6.07, 6.45) is 3.55. The number of carbonyl (C=O) groups excluding carboxylic acids is 1. The number of nitrogens with zero attached hydrogens (tertiary/aromatic N) is 1. The third-order valence-electron chi connectivity index (χ3n) is 5.02. The van der Waals surface area contributed by atoms with E-state index in [9.17, 15) is 13.2 Å². The summed E-state index contributed by atoms with van der Waals surface area (Å²) in [4.78, 5) is 14.7. The van der Waals surface area contributed by atoms with Crippen LogP contribution in [0.4, 0.5) is 5.69 Å². The van der Waals surface area contributed by atoms with E-state index in [1.807, 2.05) is 54.6 Å². The Hall–Kier alpha value is -2.42. The highest BCUT2D eigenvalue weighted by atomic mass is 32.2. The predicted molar refractivity (Wildman–Crippen MR) is 118 cm³/mol. The highest BCUT2D eigenvalue weighted by molar-refractivity contribution is 7.88. The molecule has 2 N–H and O–H groups in total.